The van der Waals surface area contributed by atoms with Gasteiger partial charge in [-0.25, -0.2) is 4.98 Å². The number of nitrogens with one attached hydrogen (secondary N) is 2. The highest BCUT2D eigenvalue weighted by Crippen LogP contribution is 2.10. The molecule has 0 aliphatic rings. The Morgan fingerprint density at radius 2 is 2.09 bits per heavy atom. The smallest absolute Gasteiger partial charge is 0.251 e. The fourth-order valence-electron chi connectivity index (χ4n) is 2.16. The van der Waals surface area contributed by atoms with E-state index in [-0.39, 0.29) is 5.91 Å². The zero-order chi connectivity index (χ0) is 15.8. The van der Waals surface area contributed by atoms with E-state index >= 15 is 0 Å². The van der Waals surface area contributed by atoms with E-state index in [9.17, 15) is 4.79 Å². The summed E-state index contributed by atoms with van der Waals surface area (Å²) < 4.78 is 0. The standard InChI is InChI=1S/C18H23N3O/c1-3-4-9-20-18(22)16-8-10-19-17(12-16)21-13-15-7-5-6-14(2)11-15/h5-8,10-12H,3-4,9,13H2,1-2H3,(H,19,21)(H,20,22). The number of aryl methyl sites for hydroxylation is 1. The number of unbranched alkanes of at least 4 members (excludes halogenated alkanes) is 1. The third-order valence-corrected chi connectivity index (χ3v) is 3.39. The van der Waals surface area contributed by atoms with Crippen LogP contribution in [0.5, 0.6) is 0 Å². The lowest BCUT2D eigenvalue weighted by Gasteiger charge is -2.08. The van der Waals surface area contributed by atoms with E-state index < -0.39 is 0 Å². The van der Waals surface area contributed by atoms with Crippen LogP contribution in [0, 0.1) is 6.92 Å². The zero-order valence-electron chi connectivity index (χ0n) is 13.2. The van der Waals surface area contributed by atoms with Crippen LogP contribution in [-0.2, 0) is 6.54 Å². The van der Waals surface area contributed by atoms with Gasteiger partial charge in [0.25, 0.3) is 5.91 Å². The van der Waals surface area contributed by atoms with Crippen LogP contribution in [0.1, 0.15) is 41.3 Å². The number of nitrogens with zero attached hydrogens (tertiary/aromatic N) is 1. The molecular weight excluding hydrogens is 274 g/mol. The van der Waals surface area contributed by atoms with Gasteiger partial charge in [0.2, 0.25) is 0 Å². The Morgan fingerprint density at radius 3 is 2.86 bits per heavy atom. The van der Waals surface area contributed by atoms with Crippen molar-refractivity contribution in [3.8, 4) is 0 Å². The van der Waals surface area contributed by atoms with Crippen molar-refractivity contribution in [2.24, 2.45) is 0 Å². The fraction of sp³-hybridized carbons (Fsp3) is 0.333. The molecule has 4 nitrogen and oxygen atoms in total. The number of hydrogen-bond acceptors (Lipinski definition) is 3. The second kappa shape index (κ2) is 8.17. The van der Waals surface area contributed by atoms with Gasteiger partial charge in [-0.15, -0.1) is 0 Å². The molecule has 4 heteroatoms. The molecule has 1 aromatic heterocycles. The fourth-order valence-corrected chi connectivity index (χ4v) is 2.16. The van der Waals surface area contributed by atoms with Crippen LogP contribution in [0.3, 0.4) is 0 Å². The summed E-state index contributed by atoms with van der Waals surface area (Å²) in [6.45, 7) is 5.58. The van der Waals surface area contributed by atoms with Crippen molar-refractivity contribution in [3.05, 3.63) is 59.3 Å². The summed E-state index contributed by atoms with van der Waals surface area (Å²) in [4.78, 5) is 16.3. The maximum absolute atomic E-state index is 12.0. The molecule has 0 spiro atoms. The average Bonchev–Trinajstić information content (AvgIpc) is 2.53. The molecule has 2 rings (SSSR count). The molecule has 0 fully saturated rings. The van der Waals surface area contributed by atoms with Gasteiger partial charge in [-0.05, 0) is 31.0 Å². The Hall–Kier alpha value is -2.36. The van der Waals surface area contributed by atoms with Gasteiger partial charge in [-0.1, -0.05) is 43.2 Å². The quantitative estimate of drug-likeness (QED) is 0.769. The molecule has 0 atom stereocenters. The molecule has 0 unspecified atom stereocenters. The van der Waals surface area contributed by atoms with Crippen LogP contribution in [0.15, 0.2) is 42.6 Å². The summed E-state index contributed by atoms with van der Waals surface area (Å²) in [6, 6.07) is 11.8. The molecule has 0 aliphatic heterocycles. The third kappa shape index (κ3) is 4.88. The van der Waals surface area contributed by atoms with Gasteiger partial charge in [0, 0.05) is 24.8 Å². The number of rotatable bonds is 7. The molecule has 0 saturated heterocycles. The molecule has 0 aliphatic carbocycles. The second-order valence-electron chi connectivity index (χ2n) is 5.38. The molecule has 1 aromatic carbocycles. The Labute approximate surface area is 132 Å². The highest BCUT2D eigenvalue weighted by atomic mass is 16.1. The Kier molecular flexibility index (Phi) is 5.95. The maximum atomic E-state index is 12.0. The second-order valence-corrected chi connectivity index (χ2v) is 5.38. The van der Waals surface area contributed by atoms with E-state index in [1.165, 1.54) is 11.1 Å². The van der Waals surface area contributed by atoms with Crippen LogP contribution < -0.4 is 10.6 Å². The lowest BCUT2D eigenvalue weighted by Crippen LogP contribution is -2.24. The first kappa shape index (κ1) is 16.0. The van der Waals surface area contributed by atoms with Crippen LogP contribution in [0.25, 0.3) is 0 Å². The van der Waals surface area contributed by atoms with Crippen molar-refractivity contribution in [2.45, 2.75) is 33.2 Å². The van der Waals surface area contributed by atoms with E-state index in [1.807, 2.05) is 6.07 Å². The minimum Gasteiger partial charge on any atom is -0.366 e. The summed E-state index contributed by atoms with van der Waals surface area (Å²) in [6.07, 6.45) is 3.72. The van der Waals surface area contributed by atoms with Crippen LogP contribution >= 0.6 is 0 Å². The lowest BCUT2D eigenvalue weighted by molar-refractivity contribution is 0.0953. The molecule has 22 heavy (non-hydrogen) atoms. The number of amides is 1. The zero-order valence-corrected chi connectivity index (χ0v) is 13.2. The van der Waals surface area contributed by atoms with Gasteiger partial charge >= 0.3 is 0 Å². The minimum atomic E-state index is -0.0468. The van der Waals surface area contributed by atoms with E-state index in [1.54, 1.807) is 18.3 Å². The largest absolute Gasteiger partial charge is 0.366 e. The predicted octanol–water partition coefficient (Wildman–Crippen LogP) is 3.53. The van der Waals surface area contributed by atoms with Crippen molar-refractivity contribution in [1.82, 2.24) is 10.3 Å². The van der Waals surface area contributed by atoms with Crippen LogP contribution in [0.4, 0.5) is 5.82 Å². The van der Waals surface area contributed by atoms with Crippen molar-refractivity contribution in [3.63, 3.8) is 0 Å². The Balaban J connectivity index is 1.95. The SMILES string of the molecule is CCCCNC(=O)c1ccnc(NCc2cccc(C)c2)c1. The third-order valence-electron chi connectivity index (χ3n) is 3.39. The van der Waals surface area contributed by atoms with Gasteiger partial charge in [-0.3, -0.25) is 4.79 Å². The normalized spacial score (nSPS) is 10.3. The van der Waals surface area contributed by atoms with Crippen molar-refractivity contribution in [2.75, 3.05) is 11.9 Å². The Bertz CT molecular complexity index is 625. The summed E-state index contributed by atoms with van der Waals surface area (Å²) in [7, 11) is 0. The monoisotopic (exact) mass is 297 g/mol. The van der Waals surface area contributed by atoms with E-state index in [0.29, 0.717) is 24.5 Å². The Morgan fingerprint density at radius 1 is 1.23 bits per heavy atom. The number of carbonyl (C=O) groups is 1. The van der Waals surface area contributed by atoms with Gasteiger partial charge in [-0.2, -0.15) is 0 Å². The highest BCUT2D eigenvalue weighted by molar-refractivity contribution is 5.94. The van der Waals surface area contributed by atoms with Crippen molar-refractivity contribution in [1.29, 1.82) is 0 Å². The highest BCUT2D eigenvalue weighted by Gasteiger charge is 2.06. The molecule has 0 saturated carbocycles. The number of hydrogen-bond donors (Lipinski definition) is 2. The number of aromatic nitrogens is 1. The van der Waals surface area contributed by atoms with Gasteiger partial charge in [0.15, 0.2) is 0 Å². The molecule has 2 aromatic rings. The van der Waals surface area contributed by atoms with E-state index in [2.05, 4.69) is 47.7 Å². The molecule has 2 N–H and O–H groups in total. The number of pyridine rings is 1. The summed E-state index contributed by atoms with van der Waals surface area (Å²) in [5.74, 6) is 0.666. The van der Waals surface area contributed by atoms with E-state index in [0.717, 1.165) is 12.8 Å². The first-order valence-electron chi connectivity index (χ1n) is 7.72. The van der Waals surface area contributed by atoms with E-state index in [4.69, 9.17) is 0 Å². The number of anilines is 1. The number of carbonyl (C=O) groups excluding carboxylic acids is 1. The molecule has 1 heterocycles. The van der Waals surface area contributed by atoms with Gasteiger partial charge < -0.3 is 10.6 Å². The topological polar surface area (TPSA) is 54.0 Å². The molecule has 0 radical (unpaired) electrons. The molecule has 116 valence electrons. The summed E-state index contributed by atoms with van der Waals surface area (Å²) in [5.41, 5.74) is 3.06. The predicted molar refractivity (Wildman–Crippen MR) is 90.0 cm³/mol. The number of benzene rings is 1. The lowest BCUT2D eigenvalue weighted by atomic mass is 10.1. The van der Waals surface area contributed by atoms with Crippen LogP contribution in [-0.4, -0.2) is 17.4 Å². The minimum absolute atomic E-state index is 0.0468. The molecule has 0 bridgehead atoms. The van der Waals surface area contributed by atoms with Gasteiger partial charge in [0.1, 0.15) is 5.82 Å². The molecular formula is C18H23N3O. The first-order valence-corrected chi connectivity index (χ1v) is 7.72. The summed E-state index contributed by atoms with van der Waals surface area (Å²) >= 11 is 0. The van der Waals surface area contributed by atoms with Crippen molar-refractivity contribution < 1.29 is 4.79 Å². The first-order chi connectivity index (χ1) is 10.7. The summed E-state index contributed by atoms with van der Waals surface area (Å²) in [5, 5.41) is 6.17. The maximum Gasteiger partial charge on any atom is 0.251 e. The molecule has 1 amide bonds. The average molecular weight is 297 g/mol. The van der Waals surface area contributed by atoms with Gasteiger partial charge in [0.05, 0.1) is 0 Å². The van der Waals surface area contributed by atoms with Crippen molar-refractivity contribution >= 4 is 11.7 Å². The van der Waals surface area contributed by atoms with Crippen LogP contribution in [0.2, 0.25) is 0 Å².